The number of H-pyrrole nitrogens is 1. The van der Waals surface area contributed by atoms with Gasteiger partial charge >= 0.3 is 0 Å². The van der Waals surface area contributed by atoms with E-state index in [0.717, 1.165) is 30.7 Å². The zero-order chi connectivity index (χ0) is 14.3. The van der Waals surface area contributed by atoms with Gasteiger partial charge in [-0.15, -0.1) is 0 Å². The number of aromatic nitrogens is 4. The fraction of sp³-hybridized carbons (Fsp3) is 0.267. The maximum atomic E-state index is 6.25. The number of rotatable bonds is 3. The molecule has 2 heterocycles. The highest BCUT2D eigenvalue weighted by Gasteiger charge is 2.37. The first-order valence-electron chi connectivity index (χ1n) is 6.98. The molecule has 1 aromatic carbocycles. The quantitative estimate of drug-likeness (QED) is 0.769. The van der Waals surface area contributed by atoms with Crippen molar-refractivity contribution in [3.05, 3.63) is 42.4 Å². The summed E-state index contributed by atoms with van der Waals surface area (Å²) in [5.74, 6) is 1.78. The van der Waals surface area contributed by atoms with E-state index in [4.69, 9.17) is 10.3 Å². The molecular formula is C15H15N5O. The maximum Gasteiger partial charge on any atom is 0.276 e. The molecule has 0 bridgehead atoms. The fourth-order valence-corrected chi connectivity index (χ4v) is 2.51. The van der Waals surface area contributed by atoms with Gasteiger partial charge in [-0.2, -0.15) is 4.98 Å². The van der Waals surface area contributed by atoms with Gasteiger partial charge in [-0.3, -0.25) is 0 Å². The van der Waals surface area contributed by atoms with Crippen LogP contribution in [-0.4, -0.2) is 20.1 Å². The van der Waals surface area contributed by atoms with Crippen LogP contribution in [-0.2, 0) is 5.54 Å². The van der Waals surface area contributed by atoms with Crippen molar-refractivity contribution in [2.45, 2.75) is 24.8 Å². The van der Waals surface area contributed by atoms with Gasteiger partial charge in [0.25, 0.3) is 5.89 Å². The number of nitrogens with one attached hydrogen (secondary N) is 1. The van der Waals surface area contributed by atoms with Gasteiger partial charge in [0.15, 0.2) is 0 Å². The lowest BCUT2D eigenvalue weighted by Gasteiger charge is -2.35. The van der Waals surface area contributed by atoms with Crippen LogP contribution in [0.1, 0.15) is 25.1 Å². The first-order chi connectivity index (χ1) is 10.2. The number of benzene rings is 1. The van der Waals surface area contributed by atoms with Crippen molar-refractivity contribution in [1.29, 1.82) is 0 Å². The predicted octanol–water partition coefficient (Wildman–Crippen LogP) is 2.46. The number of nitrogens with zero attached hydrogens (tertiary/aromatic N) is 3. The van der Waals surface area contributed by atoms with Gasteiger partial charge in [0.1, 0.15) is 11.5 Å². The Balaban J connectivity index is 1.64. The summed E-state index contributed by atoms with van der Waals surface area (Å²) in [5.41, 5.74) is 7.56. The zero-order valence-corrected chi connectivity index (χ0v) is 11.4. The predicted molar refractivity (Wildman–Crippen MR) is 77.0 cm³/mol. The Morgan fingerprint density at radius 2 is 2.00 bits per heavy atom. The Morgan fingerprint density at radius 3 is 2.71 bits per heavy atom. The third-order valence-electron chi connectivity index (χ3n) is 3.98. The molecule has 106 valence electrons. The molecule has 1 saturated carbocycles. The molecule has 0 saturated heterocycles. The lowest BCUT2D eigenvalue weighted by molar-refractivity contribution is 0.240. The molecule has 21 heavy (non-hydrogen) atoms. The minimum absolute atomic E-state index is 0.319. The van der Waals surface area contributed by atoms with Crippen molar-refractivity contribution in [1.82, 2.24) is 20.1 Å². The van der Waals surface area contributed by atoms with Crippen LogP contribution in [0.5, 0.6) is 0 Å². The van der Waals surface area contributed by atoms with Gasteiger partial charge in [-0.1, -0.05) is 35.5 Å². The van der Waals surface area contributed by atoms with Gasteiger partial charge in [0.05, 0.1) is 11.7 Å². The van der Waals surface area contributed by atoms with E-state index in [1.165, 1.54) is 0 Å². The average molecular weight is 281 g/mol. The largest absolute Gasteiger partial charge is 0.336 e. The highest BCUT2D eigenvalue weighted by molar-refractivity contribution is 5.57. The second kappa shape index (κ2) is 4.53. The summed E-state index contributed by atoms with van der Waals surface area (Å²) in [7, 11) is 0. The van der Waals surface area contributed by atoms with E-state index >= 15 is 0 Å². The van der Waals surface area contributed by atoms with Crippen LogP contribution in [0.4, 0.5) is 0 Å². The molecule has 6 heteroatoms. The van der Waals surface area contributed by atoms with E-state index < -0.39 is 0 Å². The van der Waals surface area contributed by atoms with E-state index in [1.54, 1.807) is 6.20 Å². The van der Waals surface area contributed by atoms with Crippen LogP contribution in [0.2, 0.25) is 0 Å². The highest BCUT2D eigenvalue weighted by atomic mass is 16.5. The van der Waals surface area contributed by atoms with Gasteiger partial charge in [-0.05, 0) is 19.3 Å². The first-order valence-corrected chi connectivity index (χ1v) is 6.98. The molecule has 0 radical (unpaired) electrons. The van der Waals surface area contributed by atoms with Crippen LogP contribution in [0.15, 0.2) is 41.1 Å². The van der Waals surface area contributed by atoms with E-state index in [2.05, 4.69) is 20.1 Å². The summed E-state index contributed by atoms with van der Waals surface area (Å²) in [6, 6.07) is 9.71. The second-order valence-corrected chi connectivity index (χ2v) is 5.44. The highest BCUT2D eigenvalue weighted by Crippen LogP contribution is 2.37. The lowest BCUT2D eigenvalue weighted by atomic mass is 9.77. The van der Waals surface area contributed by atoms with E-state index in [-0.39, 0.29) is 5.54 Å². The molecule has 4 rings (SSSR count). The molecule has 0 amide bonds. The van der Waals surface area contributed by atoms with Gasteiger partial charge < -0.3 is 15.2 Å². The molecule has 0 unspecified atom stereocenters. The van der Waals surface area contributed by atoms with Crippen molar-refractivity contribution in [2.75, 3.05) is 0 Å². The minimum atomic E-state index is -0.319. The summed E-state index contributed by atoms with van der Waals surface area (Å²) >= 11 is 0. The Bertz CT molecular complexity index is 757. The van der Waals surface area contributed by atoms with Crippen LogP contribution >= 0.6 is 0 Å². The standard InChI is InChI=1S/C15H15N5O/c16-15(7-4-8-15)14-17-9-11(18-14)13-19-12(20-21-13)10-5-2-1-3-6-10/h1-3,5-6,9H,4,7-8,16H2,(H,17,18). The Morgan fingerprint density at radius 1 is 1.19 bits per heavy atom. The molecule has 0 atom stereocenters. The maximum absolute atomic E-state index is 6.25. The van der Waals surface area contributed by atoms with Crippen LogP contribution in [0.25, 0.3) is 23.0 Å². The fourth-order valence-electron chi connectivity index (χ4n) is 2.51. The molecule has 1 fully saturated rings. The summed E-state index contributed by atoms with van der Waals surface area (Å²) in [5, 5.41) is 4.00. The van der Waals surface area contributed by atoms with Gasteiger partial charge in [-0.25, -0.2) is 4.98 Å². The number of aromatic amines is 1. The normalized spacial score (nSPS) is 16.6. The van der Waals surface area contributed by atoms with Crippen molar-refractivity contribution < 1.29 is 4.52 Å². The molecule has 1 aliphatic carbocycles. The molecule has 0 aliphatic heterocycles. The third-order valence-corrected chi connectivity index (χ3v) is 3.98. The molecule has 3 aromatic rings. The van der Waals surface area contributed by atoms with Crippen molar-refractivity contribution in [3.63, 3.8) is 0 Å². The van der Waals surface area contributed by atoms with Crippen molar-refractivity contribution in [3.8, 4) is 23.0 Å². The Hall–Kier alpha value is -2.47. The smallest absolute Gasteiger partial charge is 0.276 e. The van der Waals surface area contributed by atoms with Crippen molar-refractivity contribution in [2.24, 2.45) is 5.73 Å². The first kappa shape index (κ1) is 12.3. The van der Waals surface area contributed by atoms with Crippen molar-refractivity contribution >= 4 is 0 Å². The van der Waals surface area contributed by atoms with Crippen LogP contribution in [0, 0.1) is 0 Å². The SMILES string of the molecule is NC1(c2ncc(-c3nc(-c4ccccc4)no3)[nH]2)CCC1. The molecule has 0 spiro atoms. The molecule has 3 N–H and O–H groups in total. The number of nitrogens with two attached hydrogens (primary N) is 1. The summed E-state index contributed by atoms with van der Waals surface area (Å²) in [4.78, 5) is 12.0. The van der Waals surface area contributed by atoms with E-state index in [1.807, 2.05) is 30.3 Å². The van der Waals surface area contributed by atoms with Crippen LogP contribution in [0.3, 0.4) is 0 Å². The van der Waals surface area contributed by atoms with Gasteiger partial charge in [0, 0.05) is 5.56 Å². The summed E-state index contributed by atoms with van der Waals surface area (Å²) in [6.07, 6.45) is 4.76. The molecule has 2 aromatic heterocycles. The van der Waals surface area contributed by atoms with Gasteiger partial charge in [0.2, 0.25) is 5.82 Å². The third kappa shape index (κ3) is 2.04. The molecular weight excluding hydrogens is 266 g/mol. The minimum Gasteiger partial charge on any atom is -0.336 e. The summed E-state index contributed by atoms with van der Waals surface area (Å²) < 4.78 is 5.31. The summed E-state index contributed by atoms with van der Waals surface area (Å²) in [6.45, 7) is 0. The Labute approximate surface area is 121 Å². The number of hydrogen-bond acceptors (Lipinski definition) is 5. The monoisotopic (exact) mass is 281 g/mol. The topological polar surface area (TPSA) is 93.6 Å². The second-order valence-electron chi connectivity index (χ2n) is 5.44. The number of hydrogen-bond donors (Lipinski definition) is 2. The zero-order valence-electron chi connectivity index (χ0n) is 11.4. The molecule has 1 aliphatic rings. The Kier molecular flexibility index (Phi) is 2.65. The lowest BCUT2D eigenvalue weighted by Crippen LogP contribution is -2.44. The van der Waals surface area contributed by atoms with E-state index in [0.29, 0.717) is 17.4 Å². The van der Waals surface area contributed by atoms with Crippen LogP contribution < -0.4 is 5.73 Å². The molecule has 6 nitrogen and oxygen atoms in total. The van der Waals surface area contributed by atoms with E-state index in [9.17, 15) is 0 Å². The average Bonchev–Trinajstić information content (AvgIpc) is 3.14. The number of imidazole rings is 1.